The number of nitrogens with one attached hydrogen (secondary N) is 1. The van der Waals surface area contributed by atoms with Gasteiger partial charge in [-0.1, -0.05) is 0 Å². The van der Waals surface area contributed by atoms with Crippen molar-refractivity contribution >= 4 is 11.7 Å². The molecule has 0 spiro atoms. The number of pyridine rings is 1. The number of aromatic nitrogens is 3. The van der Waals surface area contributed by atoms with Gasteiger partial charge in [0, 0.05) is 24.5 Å². The van der Waals surface area contributed by atoms with Crippen LogP contribution in [0.4, 0.5) is 5.82 Å². The molecule has 1 amide bonds. The number of hydrogen-bond donors (Lipinski definition) is 1. The summed E-state index contributed by atoms with van der Waals surface area (Å²) in [4.78, 5) is 15.9. The molecule has 1 aliphatic heterocycles. The van der Waals surface area contributed by atoms with Gasteiger partial charge in [-0.2, -0.15) is 10.4 Å². The molecule has 6 heteroatoms. The van der Waals surface area contributed by atoms with Crippen LogP contribution < -0.4 is 5.32 Å². The summed E-state index contributed by atoms with van der Waals surface area (Å²) in [6.07, 6.45) is 3.54. The smallest absolute Gasteiger partial charge is 0.275 e. The quantitative estimate of drug-likeness (QED) is 0.875. The van der Waals surface area contributed by atoms with Gasteiger partial charge in [-0.05, 0) is 25.0 Å². The molecule has 1 N–H and O–H groups in total. The second-order valence-electron chi connectivity index (χ2n) is 4.34. The highest BCUT2D eigenvalue weighted by Crippen LogP contribution is 2.18. The van der Waals surface area contributed by atoms with Gasteiger partial charge in [-0.15, -0.1) is 0 Å². The molecular weight excluding hydrogens is 242 g/mol. The number of carbonyl (C=O) groups excluding carboxylic acids is 1. The van der Waals surface area contributed by atoms with Gasteiger partial charge >= 0.3 is 0 Å². The topological polar surface area (TPSA) is 83.6 Å². The lowest BCUT2D eigenvalue weighted by Gasteiger charge is -2.01. The van der Waals surface area contributed by atoms with Crippen LogP contribution in [0.3, 0.4) is 0 Å². The summed E-state index contributed by atoms with van der Waals surface area (Å²) in [5.74, 6) is 0.178. The highest BCUT2D eigenvalue weighted by molar-refractivity contribution is 6.02. The first-order chi connectivity index (χ1) is 9.26. The van der Waals surface area contributed by atoms with E-state index in [1.807, 2.05) is 16.8 Å². The van der Waals surface area contributed by atoms with Gasteiger partial charge in [0.15, 0.2) is 5.82 Å². The molecule has 3 heterocycles. The third-order valence-corrected chi connectivity index (χ3v) is 3.03. The summed E-state index contributed by atoms with van der Waals surface area (Å²) in [5.41, 5.74) is 1.76. The van der Waals surface area contributed by atoms with E-state index in [9.17, 15) is 4.79 Å². The molecular formula is C13H11N5O. The Balaban J connectivity index is 1.78. The normalized spacial score (nSPS) is 12.8. The van der Waals surface area contributed by atoms with Gasteiger partial charge in [0.1, 0.15) is 5.69 Å². The lowest BCUT2D eigenvalue weighted by Crippen LogP contribution is -2.14. The van der Waals surface area contributed by atoms with E-state index in [0.717, 1.165) is 25.1 Å². The van der Waals surface area contributed by atoms with Crippen LogP contribution in [0.15, 0.2) is 24.4 Å². The maximum atomic E-state index is 12.0. The first-order valence-electron chi connectivity index (χ1n) is 6.00. The number of fused-ring (bicyclic) bond motifs is 1. The molecule has 2 aromatic rings. The molecule has 0 unspecified atom stereocenters. The van der Waals surface area contributed by atoms with E-state index in [-0.39, 0.29) is 11.6 Å². The molecule has 19 heavy (non-hydrogen) atoms. The maximum absolute atomic E-state index is 12.0. The number of amides is 1. The summed E-state index contributed by atoms with van der Waals surface area (Å²) >= 11 is 0. The van der Waals surface area contributed by atoms with Crippen LogP contribution in [-0.4, -0.2) is 20.7 Å². The van der Waals surface area contributed by atoms with Crippen LogP contribution in [0.2, 0.25) is 0 Å². The Hall–Kier alpha value is -2.68. The van der Waals surface area contributed by atoms with E-state index < -0.39 is 0 Å². The first-order valence-corrected chi connectivity index (χ1v) is 6.00. The minimum atomic E-state index is -0.353. The number of hydrogen-bond acceptors (Lipinski definition) is 4. The van der Waals surface area contributed by atoms with Crippen molar-refractivity contribution in [1.29, 1.82) is 5.26 Å². The lowest BCUT2D eigenvalue weighted by molar-refractivity contribution is 0.102. The van der Waals surface area contributed by atoms with Crippen molar-refractivity contribution in [3.05, 3.63) is 41.3 Å². The van der Waals surface area contributed by atoms with Crippen molar-refractivity contribution in [2.75, 3.05) is 5.32 Å². The molecule has 0 saturated heterocycles. The summed E-state index contributed by atoms with van der Waals surface area (Å²) in [6.45, 7) is 0.896. The monoisotopic (exact) mass is 253 g/mol. The Morgan fingerprint density at radius 1 is 1.47 bits per heavy atom. The summed E-state index contributed by atoms with van der Waals surface area (Å²) in [5, 5.41) is 15.8. The number of carbonyl (C=O) groups is 1. The molecule has 0 saturated carbocycles. The third-order valence-electron chi connectivity index (χ3n) is 3.03. The van der Waals surface area contributed by atoms with Gasteiger partial charge < -0.3 is 5.32 Å². The van der Waals surface area contributed by atoms with Gasteiger partial charge in [0.05, 0.1) is 11.6 Å². The average molecular weight is 253 g/mol. The highest BCUT2D eigenvalue weighted by Gasteiger charge is 2.16. The Bertz CT molecular complexity index is 661. The standard InChI is InChI=1S/C13H11N5O/c14-8-9-3-4-15-11(6-9)13(19)16-12-7-10-2-1-5-18(10)17-12/h3-4,6-7H,1-2,5H2,(H,16,17,19). The van der Waals surface area contributed by atoms with Crippen LogP contribution >= 0.6 is 0 Å². The van der Waals surface area contributed by atoms with Gasteiger partial charge in [0.25, 0.3) is 5.91 Å². The average Bonchev–Trinajstić information content (AvgIpc) is 2.99. The Kier molecular flexibility index (Phi) is 2.72. The molecule has 0 atom stereocenters. The maximum Gasteiger partial charge on any atom is 0.275 e. The minimum absolute atomic E-state index is 0.215. The Morgan fingerprint density at radius 3 is 3.16 bits per heavy atom. The molecule has 2 aromatic heterocycles. The molecule has 94 valence electrons. The Morgan fingerprint density at radius 2 is 2.37 bits per heavy atom. The highest BCUT2D eigenvalue weighted by atomic mass is 16.1. The van der Waals surface area contributed by atoms with Crippen LogP contribution in [0.5, 0.6) is 0 Å². The summed E-state index contributed by atoms with van der Waals surface area (Å²) in [6, 6.07) is 6.87. The predicted octanol–water partition coefficient (Wildman–Crippen LogP) is 1.35. The van der Waals surface area contributed by atoms with Gasteiger partial charge in [-0.3, -0.25) is 14.5 Å². The van der Waals surface area contributed by atoms with Crippen molar-refractivity contribution in [1.82, 2.24) is 14.8 Å². The second-order valence-corrected chi connectivity index (χ2v) is 4.34. The fraction of sp³-hybridized carbons (Fsp3) is 0.231. The third kappa shape index (κ3) is 2.18. The van der Waals surface area contributed by atoms with Gasteiger partial charge in [0.2, 0.25) is 0 Å². The molecule has 0 bridgehead atoms. The van der Waals surface area contributed by atoms with E-state index in [1.165, 1.54) is 12.3 Å². The zero-order chi connectivity index (χ0) is 13.2. The van der Waals surface area contributed by atoms with E-state index in [0.29, 0.717) is 11.4 Å². The number of rotatable bonds is 2. The molecule has 0 fully saturated rings. The fourth-order valence-electron chi connectivity index (χ4n) is 2.13. The molecule has 1 aliphatic rings. The number of aryl methyl sites for hydroxylation is 2. The number of nitrogens with zero attached hydrogens (tertiary/aromatic N) is 4. The van der Waals surface area contributed by atoms with E-state index in [1.54, 1.807) is 6.07 Å². The molecule has 3 rings (SSSR count). The lowest BCUT2D eigenvalue weighted by atomic mass is 10.2. The van der Waals surface area contributed by atoms with E-state index >= 15 is 0 Å². The van der Waals surface area contributed by atoms with E-state index in [2.05, 4.69) is 15.4 Å². The van der Waals surface area contributed by atoms with Crippen molar-refractivity contribution < 1.29 is 4.79 Å². The fourth-order valence-corrected chi connectivity index (χ4v) is 2.13. The molecule has 0 aliphatic carbocycles. The van der Waals surface area contributed by atoms with E-state index in [4.69, 9.17) is 5.26 Å². The summed E-state index contributed by atoms with van der Waals surface area (Å²) < 4.78 is 1.90. The van der Waals surface area contributed by atoms with Crippen molar-refractivity contribution in [2.24, 2.45) is 0 Å². The van der Waals surface area contributed by atoms with Crippen LogP contribution in [0, 0.1) is 11.3 Å². The molecule has 0 aromatic carbocycles. The van der Waals surface area contributed by atoms with Crippen molar-refractivity contribution in [3.63, 3.8) is 0 Å². The van der Waals surface area contributed by atoms with Crippen molar-refractivity contribution in [3.8, 4) is 6.07 Å². The summed E-state index contributed by atoms with van der Waals surface area (Å²) in [7, 11) is 0. The number of nitriles is 1. The second kappa shape index (κ2) is 4.53. The zero-order valence-electron chi connectivity index (χ0n) is 10.1. The SMILES string of the molecule is N#Cc1ccnc(C(=O)Nc2cc3n(n2)CCC3)c1. The molecule has 0 radical (unpaired) electrons. The first kappa shape index (κ1) is 11.4. The predicted molar refractivity (Wildman–Crippen MR) is 67.5 cm³/mol. The van der Waals surface area contributed by atoms with Crippen molar-refractivity contribution in [2.45, 2.75) is 19.4 Å². The van der Waals surface area contributed by atoms with Crippen LogP contribution in [0.1, 0.15) is 28.2 Å². The zero-order valence-corrected chi connectivity index (χ0v) is 10.1. The van der Waals surface area contributed by atoms with Crippen LogP contribution in [0.25, 0.3) is 0 Å². The largest absolute Gasteiger partial charge is 0.304 e. The Labute approximate surface area is 109 Å². The number of anilines is 1. The molecule has 6 nitrogen and oxygen atoms in total. The minimum Gasteiger partial charge on any atom is -0.304 e. The van der Waals surface area contributed by atoms with Crippen LogP contribution in [-0.2, 0) is 13.0 Å². The van der Waals surface area contributed by atoms with Gasteiger partial charge in [-0.25, -0.2) is 0 Å².